The highest BCUT2D eigenvalue weighted by Gasteiger charge is 2.35. The Morgan fingerprint density at radius 1 is 1.42 bits per heavy atom. The Labute approximate surface area is 123 Å². The van der Waals surface area contributed by atoms with Crippen LogP contribution in [0.2, 0.25) is 0 Å². The van der Waals surface area contributed by atoms with Crippen LogP contribution in [0.4, 0.5) is 14.9 Å². The van der Waals surface area contributed by atoms with Crippen molar-refractivity contribution in [2.24, 2.45) is 0 Å². The summed E-state index contributed by atoms with van der Waals surface area (Å²) in [4.78, 5) is 24.1. The van der Waals surface area contributed by atoms with Gasteiger partial charge in [-0.15, -0.1) is 0 Å². The second kappa shape index (κ2) is 5.72. The van der Waals surface area contributed by atoms with Crippen LogP contribution in [0.3, 0.4) is 0 Å². The molecule has 104 valence electrons. The lowest BCUT2D eigenvalue weighted by Crippen LogP contribution is -2.52. The number of benzene rings is 1. The predicted molar refractivity (Wildman–Crippen MR) is 77.6 cm³/mol. The Hall–Kier alpha value is -1.38. The van der Waals surface area contributed by atoms with Crippen LogP contribution in [0.25, 0.3) is 0 Å². The number of amides is 2. The van der Waals surface area contributed by atoms with Crippen LogP contribution in [-0.2, 0) is 4.79 Å². The van der Waals surface area contributed by atoms with E-state index in [4.69, 9.17) is 5.11 Å². The van der Waals surface area contributed by atoms with Crippen molar-refractivity contribution >= 4 is 40.3 Å². The first-order valence-corrected chi connectivity index (χ1v) is 6.47. The number of hydrogen-bond acceptors (Lipinski definition) is 2. The zero-order valence-electron chi connectivity index (χ0n) is 10.7. The van der Waals surface area contributed by atoms with Crippen LogP contribution in [0.5, 0.6) is 0 Å². The maximum absolute atomic E-state index is 12.9. The van der Waals surface area contributed by atoms with Gasteiger partial charge in [-0.2, -0.15) is 0 Å². The smallest absolute Gasteiger partial charge is 0.329 e. The molecule has 0 aliphatic heterocycles. The molecule has 0 heterocycles. The van der Waals surface area contributed by atoms with Gasteiger partial charge in [-0.3, -0.25) is 0 Å². The first kappa shape index (κ1) is 15.7. The van der Waals surface area contributed by atoms with Gasteiger partial charge in [0.05, 0.1) is 5.69 Å². The molecule has 0 aromatic heterocycles. The van der Waals surface area contributed by atoms with Crippen molar-refractivity contribution < 1.29 is 19.1 Å². The quantitative estimate of drug-likeness (QED) is 0.793. The SMILES string of the molecule is CN(C(=O)Nc1ccc(F)cc1I)C(C)(C)C(=O)O. The molecule has 2 amide bonds. The number of carbonyl (C=O) groups excluding carboxylic acids is 1. The van der Waals surface area contributed by atoms with Gasteiger partial charge >= 0.3 is 12.0 Å². The summed E-state index contributed by atoms with van der Waals surface area (Å²) in [7, 11) is 1.39. The number of anilines is 1. The molecule has 2 N–H and O–H groups in total. The molecule has 0 atom stereocenters. The number of hydrogen-bond donors (Lipinski definition) is 2. The molecule has 0 fully saturated rings. The summed E-state index contributed by atoms with van der Waals surface area (Å²) in [5, 5.41) is 11.6. The fourth-order valence-electron chi connectivity index (χ4n) is 1.19. The topological polar surface area (TPSA) is 69.6 Å². The van der Waals surface area contributed by atoms with E-state index in [9.17, 15) is 14.0 Å². The molecule has 1 aromatic rings. The highest BCUT2D eigenvalue weighted by molar-refractivity contribution is 14.1. The number of rotatable bonds is 3. The number of urea groups is 1. The zero-order chi connectivity index (χ0) is 14.8. The normalized spacial score (nSPS) is 11.0. The molecular formula is C12H14FIN2O3. The van der Waals surface area contributed by atoms with Crippen LogP contribution in [0.15, 0.2) is 18.2 Å². The number of nitrogens with one attached hydrogen (secondary N) is 1. The average Bonchev–Trinajstić information content (AvgIpc) is 2.31. The average molecular weight is 380 g/mol. The molecule has 0 unspecified atom stereocenters. The molecule has 7 heteroatoms. The maximum Gasteiger partial charge on any atom is 0.329 e. The van der Waals surface area contributed by atoms with E-state index in [1.807, 2.05) is 22.6 Å². The van der Waals surface area contributed by atoms with E-state index in [-0.39, 0.29) is 0 Å². The lowest BCUT2D eigenvalue weighted by Gasteiger charge is -2.31. The third-order valence-electron chi connectivity index (χ3n) is 2.84. The van der Waals surface area contributed by atoms with Gasteiger partial charge in [-0.1, -0.05) is 0 Å². The van der Waals surface area contributed by atoms with Crippen molar-refractivity contribution in [1.29, 1.82) is 0 Å². The third-order valence-corrected chi connectivity index (χ3v) is 3.73. The minimum Gasteiger partial charge on any atom is -0.480 e. The van der Waals surface area contributed by atoms with Gasteiger partial charge in [-0.05, 0) is 54.6 Å². The second-order valence-corrected chi connectivity index (χ2v) is 5.64. The summed E-state index contributed by atoms with van der Waals surface area (Å²) < 4.78 is 13.5. The van der Waals surface area contributed by atoms with Crippen molar-refractivity contribution in [2.45, 2.75) is 19.4 Å². The van der Waals surface area contributed by atoms with Crippen LogP contribution < -0.4 is 5.32 Å². The van der Waals surface area contributed by atoms with E-state index in [1.165, 1.54) is 39.1 Å². The van der Waals surface area contributed by atoms with Gasteiger partial charge in [0.1, 0.15) is 11.4 Å². The summed E-state index contributed by atoms with van der Waals surface area (Å²) in [6, 6.07) is 3.35. The number of carbonyl (C=O) groups is 2. The van der Waals surface area contributed by atoms with E-state index >= 15 is 0 Å². The summed E-state index contributed by atoms with van der Waals surface area (Å²) in [6.45, 7) is 2.84. The van der Waals surface area contributed by atoms with Gasteiger partial charge in [0.15, 0.2) is 0 Å². The summed E-state index contributed by atoms with van der Waals surface area (Å²) >= 11 is 1.89. The molecular weight excluding hydrogens is 366 g/mol. The number of carboxylic acid groups (broad SMARTS) is 1. The summed E-state index contributed by atoms with van der Waals surface area (Å²) in [5.41, 5.74) is -0.907. The predicted octanol–water partition coefficient (Wildman–Crippen LogP) is 2.76. The first-order chi connectivity index (χ1) is 8.66. The van der Waals surface area contributed by atoms with E-state index in [2.05, 4.69) is 5.32 Å². The minimum atomic E-state index is -1.34. The molecule has 0 aliphatic rings. The number of nitrogens with zero attached hydrogens (tertiary/aromatic N) is 1. The molecule has 0 aliphatic carbocycles. The Bertz CT molecular complexity index is 520. The Morgan fingerprint density at radius 2 is 2.00 bits per heavy atom. The van der Waals surface area contributed by atoms with E-state index in [0.717, 1.165) is 4.90 Å². The number of likely N-dealkylation sites (N-methyl/N-ethyl adjacent to an activating group) is 1. The van der Waals surface area contributed by atoms with Crippen molar-refractivity contribution in [3.63, 3.8) is 0 Å². The zero-order valence-corrected chi connectivity index (χ0v) is 12.9. The highest BCUT2D eigenvalue weighted by Crippen LogP contribution is 2.21. The molecule has 1 aromatic carbocycles. The summed E-state index contributed by atoms with van der Waals surface area (Å²) in [6.07, 6.45) is 0. The minimum absolute atomic E-state index is 0.401. The summed E-state index contributed by atoms with van der Waals surface area (Å²) in [5.74, 6) is -1.51. The largest absolute Gasteiger partial charge is 0.480 e. The van der Waals surface area contributed by atoms with Crippen molar-refractivity contribution in [3.05, 3.63) is 27.6 Å². The van der Waals surface area contributed by atoms with Crippen LogP contribution in [0, 0.1) is 9.39 Å². The van der Waals surface area contributed by atoms with Gasteiger partial charge in [-0.25, -0.2) is 14.0 Å². The molecule has 0 saturated heterocycles. The van der Waals surface area contributed by atoms with Crippen molar-refractivity contribution in [2.75, 3.05) is 12.4 Å². The maximum atomic E-state index is 12.9. The standard InChI is InChI=1S/C12H14FIN2O3/c1-12(2,10(17)18)16(3)11(19)15-9-5-4-7(13)6-8(9)14/h4-6H,1-3H3,(H,15,19)(H,17,18). The van der Waals surface area contributed by atoms with Gasteiger partial charge in [0.2, 0.25) is 0 Å². The molecule has 0 saturated carbocycles. The van der Waals surface area contributed by atoms with Gasteiger partial charge < -0.3 is 15.3 Å². The lowest BCUT2D eigenvalue weighted by atomic mass is 10.1. The fraction of sp³-hybridized carbons (Fsp3) is 0.333. The number of halogens is 2. The molecule has 1 rings (SSSR count). The molecule has 0 spiro atoms. The molecule has 0 radical (unpaired) electrons. The van der Waals surface area contributed by atoms with Crippen molar-refractivity contribution in [3.8, 4) is 0 Å². The van der Waals surface area contributed by atoms with E-state index < -0.39 is 23.4 Å². The molecule has 19 heavy (non-hydrogen) atoms. The van der Waals surface area contributed by atoms with Crippen LogP contribution in [0.1, 0.15) is 13.8 Å². The first-order valence-electron chi connectivity index (χ1n) is 5.39. The van der Waals surface area contributed by atoms with E-state index in [1.54, 1.807) is 0 Å². The lowest BCUT2D eigenvalue weighted by molar-refractivity contribution is -0.146. The molecule has 0 bridgehead atoms. The Morgan fingerprint density at radius 3 is 2.47 bits per heavy atom. The fourth-order valence-corrected chi connectivity index (χ4v) is 1.80. The van der Waals surface area contributed by atoms with Crippen LogP contribution in [-0.4, -0.2) is 34.6 Å². The monoisotopic (exact) mass is 380 g/mol. The molecule has 5 nitrogen and oxygen atoms in total. The second-order valence-electron chi connectivity index (χ2n) is 4.48. The highest BCUT2D eigenvalue weighted by atomic mass is 127. The Kier molecular flexibility index (Phi) is 4.72. The van der Waals surface area contributed by atoms with Crippen LogP contribution >= 0.6 is 22.6 Å². The van der Waals surface area contributed by atoms with Crippen molar-refractivity contribution in [1.82, 2.24) is 4.90 Å². The number of aliphatic carboxylic acids is 1. The van der Waals surface area contributed by atoms with E-state index in [0.29, 0.717) is 9.26 Å². The number of carboxylic acids is 1. The van der Waals surface area contributed by atoms with Gasteiger partial charge in [0, 0.05) is 10.6 Å². The Balaban J connectivity index is 2.88. The van der Waals surface area contributed by atoms with Gasteiger partial charge in [0.25, 0.3) is 0 Å². The third kappa shape index (κ3) is 3.55.